The van der Waals surface area contributed by atoms with E-state index < -0.39 is 0 Å². The molecule has 0 aliphatic rings. The number of hydrazine groups is 1. The summed E-state index contributed by atoms with van der Waals surface area (Å²) >= 11 is 0. The van der Waals surface area contributed by atoms with E-state index in [1.165, 1.54) is 6.08 Å². The molecule has 0 heterocycles. The SMILES string of the molecule is CCOCCC(=O)NNC(=O)C=Cc1cccc2ccccc12. The minimum atomic E-state index is -0.386. The smallest absolute Gasteiger partial charge is 0.262 e. The second kappa shape index (κ2) is 8.70. The van der Waals surface area contributed by atoms with Gasteiger partial charge in [0.2, 0.25) is 5.91 Å². The van der Waals surface area contributed by atoms with Crippen LogP contribution in [0.25, 0.3) is 16.8 Å². The number of fused-ring (bicyclic) bond motifs is 1. The highest BCUT2D eigenvalue weighted by Crippen LogP contribution is 2.19. The van der Waals surface area contributed by atoms with Gasteiger partial charge in [0.15, 0.2) is 0 Å². The van der Waals surface area contributed by atoms with Crippen LogP contribution >= 0.6 is 0 Å². The number of rotatable bonds is 6. The molecule has 120 valence electrons. The van der Waals surface area contributed by atoms with E-state index in [0.717, 1.165) is 16.3 Å². The maximum absolute atomic E-state index is 11.7. The molecule has 0 saturated heterocycles. The molecule has 0 aliphatic heterocycles. The minimum absolute atomic E-state index is 0.209. The zero-order valence-electron chi connectivity index (χ0n) is 13.0. The second-order valence-electron chi connectivity index (χ2n) is 4.89. The third-order valence-electron chi connectivity index (χ3n) is 3.24. The van der Waals surface area contributed by atoms with Gasteiger partial charge in [-0.15, -0.1) is 0 Å². The number of hydrogen-bond acceptors (Lipinski definition) is 3. The van der Waals surface area contributed by atoms with Crippen molar-refractivity contribution in [3.05, 3.63) is 54.1 Å². The zero-order valence-corrected chi connectivity index (χ0v) is 13.0. The Bertz CT molecular complexity index is 705. The third-order valence-corrected chi connectivity index (χ3v) is 3.24. The van der Waals surface area contributed by atoms with Crippen LogP contribution in [0.3, 0.4) is 0 Å². The van der Waals surface area contributed by atoms with E-state index in [1.807, 2.05) is 49.4 Å². The molecule has 2 N–H and O–H groups in total. The zero-order chi connectivity index (χ0) is 16.5. The second-order valence-corrected chi connectivity index (χ2v) is 4.89. The number of ether oxygens (including phenoxy) is 1. The van der Waals surface area contributed by atoms with Gasteiger partial charge in [0, 0.05) is 12.7 Å². The predicted octanol–water partition coefficient (Wildman–Crippen LogP) is 2.43. The van der Waals surface area contributed by atoms with Crippen LogP contribution in [0.2, 0.25) is 0 Å². The highest BCUT2D eigenvalue weighted by molar-refractivity contribution is 5.97. The number of carbonyl (C=O) groups is 2. The molecule has 0 spiro atoms. The van der Waals surface area contributed by atoms with E-state index in [9.17, 15) is 9.59 Å². The van der Waals surface area contributed by atoms with E-state index in [2.05, 4.69) is 10.9 Å². The van der Waals surface area contributed by atoms with Gasteiger partial charge in [-0.05, 0) is 29.3 Å². The molecule has 0 bridgehead atoms. The highest BCUT2D eigenvalue weighted by atomic mass is 16.5. The fourth-order valence-electron chi connectivity index (χ4n) is 2.11. The molecule has 0 atom stereocenters. The van der Waals surface area contributed by atoms with Crippen molar-refractivity contribution in [2.24, 2.45) is 0 Å². The van der Waals surface area contributed by atoms with Crippen molar-refractivity contribution in [3.63, 3.8) is 0 Å². The number of benzene rings is 2. The van der Waals surface area contributed by atoms with E-state index in [-0.39, 0.29) is 18.2 Å². The van der Waals surface area contributed by atoms with Gasteiger partial charge in [-0.25, -0.2) is 0 Å². The van der Waals surface area contributed by atoms with Crippen LogP contribution in [0.4, 0.5) is 0 Å². The molecule has 0 aliphatic carbocycles. The molecule has 0 saturated carbocycles. The molecular weight excluding hydrogens is 292 g/mol. The van der Waals surface area contributed by atoms with Crippen molar-refractivity contribution in [1.29, 1.82) is 0 Å². The van der Waals surface area contributed by atoms with Crippen LogP contribution in [0.1, 0.15) is 18.9 Å². The minimum Gasteiger partial charge on any atom is -0.381 e. The summed E-state index contributed by atoms with van der Waals surface area (Å²) in [4.78, 5) is 23.2. The molecule has 2 aromatic carbocycles. The van der Waals surface area contributed by atoms with Crippen molar-refractivity contribution in [2.75, 3.05) is 13.2 Å². The molecule has 2 amide bonds. The average molecular weight is 312 g/mol. The summed E-state index contributed by atoms with van der Waals surface area (Å²) in [5.41, 5.74) is 5.64. The Labute approximate surface area is 135 Å². The first kappa shape index (κ1) is 16.7. The fourth-order valence-corrected chi connectivity index (χ4v) is 2.11. The molecule has 0 unspecified atom stereocenters. The number of amides is 2. The van der Waals surface area contributed by atoms with Crippen LogP contribution in [0.15, 0.2) is 48.5 Å². The first-order valence-corrected chi connectivity index (χ1v) is 7.53. The molecule has 5 heteroatoms. The van der Waals surface area contributed by atoms with Crippen molar-refractivity contribution < 1.29 is 14.3 Å². The molecule has 5 nitrogen and oxygen atoms in total. The predicted molar refractivity (Wildman–Crippen MR) is 90.4 cm³/mol. The summed E-state index contributed by atoms with van der Waals surface area (Å²) in [5, 5.41) is 2.18. The summed E-state index contributed by atoms with van der Waals surface area (Å²) in [5.74, 6) is -0.673. The Morgan fingerprint density at radius 1 is 1.09 bits per heavy atom. The largest absolute Gasteiger partial charge is 0.381 e. The Balaban J connectivity index is 1.89. The topological polar surface area (TPSA) is 67.4 Å². The monoisotopic (exact) mass is 312 g/mol. The fraction of sp³-hybridized carbons (Fsp3) is 0.222. The van der Waals surface area contributed by atoms with Crippen molar-refractivity contribution in [2.45, 2.75) is 13.3 Å². The third kappa shape index (κ3) is 5.23. The van der Waals surface area contributed by atoms with Gasteiger partial charge in [0.25, 0.3) is 5.91 Å². The maximum atomic E-state index is 11.7. The molecule has 2 rings (SSSR count). The lowest BCUT2D eigenvalue weighted by atomic mass is 10.0. The molecular formula is C18H20N2O3. The van der Waals surface area contributed by atoms with E-state index in [4.69, 9.17) is 4.74 Å². The van der Waals surface area contributed by atoms with Crippen LogP contribution in [0, 0.1) is 0 Å². The number of carbonyl (C=O) groups excluding carboxylic acids is 2. The summed E-state index contributed by atoms with van der Waals surface area (Å²) in [6.45, 7) is 2.76. The summed E-state index contributed by atoms with van der Waals surface area (Å²) in [6, 6.07) is 13.8. The van der Waals surface area contributed by atoms with Gasteiger partial charge in [-0.1, -0.05) is 42.5 Å². The van der Waals surface area contributed by atoms with Gasteiger partial charge >= 0.3 is 0 Å². The Hall–Kier alpha value is -2.66. The standard InChI is InChI=1S/C18H20N2O3/c1-2-23-13-12-18(22)20-19-17(21)11-10-15-8-5-7-14-6-3-4-9-16(14)15/h3-11H,2,12-13H2,1H3,(H,19,21)(H,20,22). The van der Waals surface area contributed by atoms with Gasteiger partial charge in [0.05, 0.1) is 13.0 Å². The molecule has 2 aromatic rings. The maximum Gasteiger partial charge on any atom is 0.262 e. The number of nitrogens with one attached hydrogen (secondary N) is 2. The van der Waals surface area contributed by atoms with E-state index >= 15 is 0 Å². The normalized spacial score (nSPS) is 10.8. The molecule has 0 aromatic heterocycles. The molecule has 0 fully saturated rings. The van der Waals surface area contributed by atoms with Gasteiger partial charge < -0.3 is 4.74 Å². The van der Waals surface area contributed by atoms with Crippen LogP contribution in [-0.4, -0.2) is 25.0 Å². The Morgan fingerprint density at radius 3 is 2.70 bits per heavy atom. The first-order chi connectivity index (χ1) is 11.2. The van der Waals surface area contributed by atoms with Crippen LogP contribution in [-0.2, 0) is 14.3 Å². The van der Waals surface area contributed by atoms with Crippen LogP contribution < -0.4 is 10.9 Å². The van der Waals surface area contributed by atoms with Crippen molar-refractivity contribution >= 4 is 28.7 Å². The van der Waals surface area contributed by atoms with Crippen LogP contribution in [0.5, 0.6) is 0 Å². The lowest BCUT2D eigenvalue weighted by molar-refractivity contribution is -0.127. The molecule has 0 radical (unpaired) electrons. The van der Waals surface area contributed by atoms with Gasteiger partial charge in [0.1, 0.15) is 0 Å². The van der Waals surface area contributed by atoms with Crippen molar-refractivity contribution in [1.82, 2.24) is 10.9 Å². The first-order valence-electron chi connectivity index (χ1n) is 7.53. The average Bonchev–Trinajstić information content (AvgIpc) is 2.58. The highest BCUT2D eigenvalue weighted by Gasteiger charge is 2.02. The number of hydrogen-bond donors (Lipinski definition) is 2. The van der Waals surface area contributed by atoms with E-state index in [0.29, 0.717) is 13.2 Å². The van der Waals surface area contributed by atoms with Gasteiger partial charge in [-0.3, -0.25) is 20.4 Å². The quantitative estimate of drug-likeness (QED) is 0.489. The van der Waals surface area contributed by atoms with Crippen molar-refractivity contribution in [3.8, 4) is 0 Å². The molecule has 23 heavy (non-hydrogen) atoms. The lowest BCUT2D eigenvalue weighted by Crippen LogP contribution is -2.41. The Morgan fingerprint density at radius 2 is 1.87 bits per heavy atom. The Kier molecular flexibility index (Phi) is 6.32. The van der Waals surface area contributed by atoms with E-state index in [1.54, 1.807) is 6.08 Å². The summed E-state index contributed by atoms with van der Waals surface area (Å²) < 4.78 is 5.07. The lowest BCUT2D eigenvalue weighted by Gasteiger charge is -2.05. The van der Waals surface area contributed by atoms with Gasteiger partial charge in [-0.2, -0.15) is 0 Å². The summed E-state index contributed by atoms with van der Waals surface area (Å²) in [7, 11) is 0. The summed E-state index contributed by atoms with van der Waals surface area (Å²) in [6.07, 6.45) is 3.33.